The summed E-state index contributed by atoms with van der Waals surface area (Å²) in [5, 5.41) is 66.1. The zero-order chi connectivity index (χ0) is 104. The van der Waals surface area contributed by atoms with Crippen LogP contribution in [0.4, 0.5) is 32.1 Å². The van der Waals surface area contributed by atoms with Crippen molar-refractivity contribution in [3.8, 4) is 41.8 Å². The Hall–Kier alpha value is -10.2. The van der Waals surface area contributed by atoms with E-state index < -0.39 is 101 Å². The highest BCUT2D eigenvalue weighted by Crippen LogP contribution is 2.45. The maximum Gasteiger partial charge on any atom is 0.280 e. The fourth-order valence-corrected chi connectivity index (χ4v) is 20.6. The van der Waals surface area contributed by atoms with E-state index in [1.54, 1.807) is 115 Å². The van der Waals surface area contributed by atoms with Gasteiger partial charge in [0.1, 0.15) is 46.0 Å². The van der Waals surface area contributed by atoms with E-state index in [2.05, 4.69) is 145 Å². The molecule has 772 valence electrons. The third-order valence-corrected chi connectivity index (χ3v) is 32.1. The molecule has 13 heterocycles. The van der Waals surface area contributed by atoms with Crippen molar-refractivity contribution in [2.24, 2.45) is 0 Å². The van der Waals surface area contributed by atoms with Crippen LogP contribution in [-0.2, 0) is 0 Å². The zero-order valence-electron chi connectivity index (χ0n) is 87.2. The fraction of sp³-hybridized carbons (Fsp3) is 0.612. The highest BCUT2D eigenvalue weighted by Gasteiger charge is 2.48. The van der Waals surface area contributed by atoms with Gasteiger partial charge in [-0.2, -0.15) is 0 Å². The number of aromatic nitrogens is 8. The molecule has 13 rings (SSSR count). The molecule has 5 aliphatic rings. The smallest absolute Gasteiger partial charge is 0.280 e. The van der Waals surface area contributed by atoms with Gasteiger partial charge in [-0.05, 0) is 296 Å². The molecule has 5 aliphatic heterocycles. The van der Waals surface area contributed by atoms with E-state index in [4.69, 9.17) is 0 Å². The number of pyridine rings is 4. The summed E-state index contributed by atoms with van der Waals surface area (Å²) in [4.78, 5) is 152. The number of aryl methyl sites for hydroxylation is 4. The van der Waals surface area contributed by atoms with Gasteiger partial charge in [-0.3, -0.25) is 38.4 Å². The average molecular weight is 2030 g/mol. The first-order chi connectivity index (χ1) is 65.9. The maximum absolute atomic E-state index is 14.1. The maximum atomic E-state index is 14.1. The van der Waals surface area contributed by atoms with Crippen molar-refractivity contribution in [2.75, 3.05) is 40.9 Å². The molecule has 8 aromatic rings. The van der Waals surface area contributed by atoms with Crippen LogP contribution in [0.25, 0.3) is 41.8 Å². The van der Waals surface area contributed by atoms with Crippen LogP contribution in [0.1, 0.15) is 359 Å². The lowest BCUT2D eigenvalue weighted by molar-refractivity contribution is 0.0117. The number of piperidine rings is 2. The van der Waals surface area contributed by atoms with Crippen LogP contribution in [0, 0.1) is 27.7 Å². The summed E-state index contributed by atoms with van der Waals surface area (Å²) in [5.41, 5.74) is 3.06. The molecule has 2 bridgehead atoms. The number of aliphatic hydroxyl groups is 4. The van der Waals surface area contributed by atoms with Gasteiger partial charge >= 0.3 is 0 Å². The van der Waals surface area contributed by atoms with Crippen LogP contribution in [0.2, 0.25) is 0 Å². The fourth-order valence-electron chi connectivity index (χ4n) is 16.5. The van der Waals surface area contributed by atoms with Gasteiger partial charge in [0.25, 0.3) is 53.2 Å². The lowest BCUT2D eigenvalue weighted by Crippen LogP contribution is -2.47. The molecule has 8 amide bonds. The molecule has 8 aromatic heterocycles. The second-order valence-corrected chi connectivity index (χ2v) is 45.2. The molecule has 0 saturated carbocycles. The summed E-state index contributed by atoms with van der Waals surface area (Å²) in [7, 11) is 0. The first-order valence-electron chi connectivity index (χ1n) is 49.7. The summed E-state index contributed by atoms with van der Waals surface area (Å²) < 4.78 is 28.1. The molecule has 0 aliphatic carbocycles. The number of carbonyl (C=O) groups is 8. The van der Waals surface area contributed by atoms with Crippen LogP contribution in [0.3, 0.4) is 0 Å². The van der Waals surface area contributed by atoms with Crippen LogP contribution in [0.5, 0.6) is 0 Å². The van der Waals surface area contributed by atoms with Gasteiger partial charge in [-0.15, -0.1) is 45.3 Å². The topological polar surface area (TPSA) is 430 Å². The Bertz CT molecular complexity index is 5550. The minimum Gasteiger partial charge on any atom is -0.388 e. The molecule has 32 nitrogen and oxygen atoms in total. The molecule has 0 aromatic carbocycles. The molecule has 141 heavy (non-hydrogen) atoms. The van der Waals surface area contributed by atoms with Crippen molar-refractivity contribution in [1.29, 1.82) is 0 Å². The average Bonchev–Trinajstić information content (AvgIpc) is 1.61. The van der Waals surface area contributed by atoms with E-state index in [-0.39, 0.29) is 85.0 Å². The number of nitrogens with zero attached hydrogens (tertiary/aromatic N) is 12. The Kier molecular flexibility index (Phi) is 38.0. The van der Waals surface area contributed by atoms with E-state index in [1.807, 2.05) is 73.6 Å². The molecule has 0 radical (unpaired) electrons. The van der Waals surface area contributed by atoms with Gasteiger partial charge in [0.05, 0.1) is 72.6 Å². The normalized spacial score (nSPS) is 19.2. The number of hydrogen-bond donors (Lipinski definition) is 12. The molecular weight excluding hydrogens is 1880 g/mol. The van der Waals surface area contributed by atoms with Crippen LogP contribution < -0.4 is 42.5 Å². The van der Waals surface area contributed by atoms with Crippen molar-refractivity contribution < 1.29 is 67.6 Å². The van der Waals surface area contributed by atoms with E-state index in [1.165, 1.54) is 34.0 Å². The highest BCUT2D eigenvalue weighted by atomic mass is 32.1. The number of rotatable bonds is 32. The van der Waals surface area contributed by atoms with Crippen molar-refractivity contribution in [3.63, 3.8) is 0 Å². The Morgan fingerprint density at radius 2 is 0.624 bits per heavy atom. The number of carbonyl (C=O) groups excluding carboxylic acids is 8. The highest BCUT2D eigenvalue weighted by molar-refractivity contribution is 7.18. The van der Waals surface area contributed by atoms with E-state index in [9.17, 15) is 67.6 Å². The number of fused-ring (bicyclic) bond motifs is 2. The van der Waals surface area contributed by atoms with Gasteiger partial charge in [-0.1, -0.05) is 27.7 Å². The number of thiazole rings is 4. The van der Waals surface area contributed by atoms with Crippen LogP contribution in [-0.4, -0.2) is 254 Å². The summed E-state index contributed by atoms with van der Waals surface area (Å²) in [6, 6.07) is 6.91. The van der Waals surface area contributed by atoms with Crippen molar-refractivity contribution in [2.45, 2.75) is 390 Å². The quantitative estimate of drug-likeness (QED) is 0.0186. The summed E-state index contributed by atoms with van der Waals surface area (Å²) in [5.74, 6) is -2.79. The standard InChI is InChI=1S/C26H37N5O3S.2C26H39N5O3S.C25H35F2N5O3S/c1-7-15(3)28-20-12-14(2)19(13-27-20)22-21(25(33)31-17-8-9-18(31)11-10-17)30-24(35-22)23(32)29-16(4)26(5,6)34;2*1-8-16(3)28-20-13-15(2)19(14-27-20)22-21(25(33)31-12-10-9-11-17(31)4)30-24(35-22)23(32)29-18(5)26(6,7)34;1-8-14(3)29-18-9-13(2)17(11-28-18)20-19(23(34)32-12-25(26,27)10-15(32)4)31-22(36-20)21(33)30-16(5)24(6,7)35/h12-13,15-18,34H,7-11H2,1-6H3,(H,27,28)(H,29,32);2*13-14,16-18,34H,8-12H2,1-7H3,(H,27,28)(H,29,32);9,11,14-16,35H,8,10,12H2,1-7H3,(H,28,29)(H,30,33)/t15-,16-,17?,18?;16-,17+,18+;16-,17+,18-;14-,15+,16+/m1111/s1. The third kappa shape index (κ3) is 28.7. The molecule has 0 spiro atoms. The van der Waals surface area contributed by atoms with Crippen molar-refractivity contribution in [1.82, 2.24) is 80.7 Å². The van der Waals surface area contributed by atoms with E-state index >= 15 is 0 Å². The predicted octanol–water partition coefficient (Wildman–Crippen LogP) is 18.1. The van der Waals surface area contributed by atoms with Gasteiger partial charge in [0, 0.05) is 121 Å². The number of amides is 8. The minimum absolute atomic E-state index is 0.00395. The van der Waals surface area contributed by atoms with Gasteiger partial charge < -0.3 is 82.6 Å². The van der Waals surface area contributed by atoms with Crippen LogP contribution in [0.15, 0.2) is 49.1 Å². The van der Waals surface area contributed by atoms with E-state index in [0.29, 0.717) is 67.8 Å². The van der Waals surface area contributed by atoms with E-state index in [0.717, 1.165) is 163 Å². The molecule has 0 unspecified atom stereocenters. The Balaban J connectivity index is 0.000000193. The number of halogens is 2. The monoisotopic (exact) mass is 2030 g/mol. The molecule has 11 atom stereocenters. The Morgan fingerprint density at radius 1 is 0.383 bits per heavy atom. The van der Waals surface area contributed by atoms with Crippen molar-refractivity contribution in [3.05, 3.63) is 114 Å². The summed E-state index contributed by atoms with van der Waals surface area (Å²) in [6.45, 7) is 50.8. The van der Waals surface area contributed by atoms with Gasteiger partial charge in [0.15, 0.2) is 20.0 Å². The number of nitrogens with one attached hydrogen (secondary N) is 8. The zero-order valence-corrected chi connectivity index (χ0v) is 90.4. The Morgan fingerprint density at radius 3 is 0.837 bits per heavy atom. The van der Waals surface area contributed by atoms with Crippen LogP contribution >= 0.6 is 45.3 Å². The SMILES string of the molecule is CC[C@@H](C)Nc1cc(C)c(-c2sc(C(=O)N[C@@H](C)C(C)(C)O)nc2C(=O)N2CC(F)(F)C[C@@H]2C)cn1.CC[C@@H](C)Nc1cc(C)c(-c2sc(C(=O)N[C@@H](C)C(C)(C)O)nc2C(=O)N2CCCC[C@@H]2C)cn1.CC[C@@H](C)Nc1cc(C)c(-c2sc(C(=O)N[C@H](C)C(C)(C)O)nc2C(=O)N2C3CCC2CC3)cn1.CC[C@@H](C)Nc1cc(C)c(-c2sc(C(=O)N[C@H](C)C(C)(C)O)nc2C(=O)N2CCCC[C@@H]2C)cn1. The molecule has 5 fully saturated rings. The lowest BCUT2D eigenvalue weighted by Gasteiger charge is -2.33. The lowest BCUT2D eigenvalue weighted by atomic mass is 10.0. The van der Waals surface area contributed by atoms with Gasteiger partial charge in [-0.25, -0.2) is 48.7 Å². The Labute approximate surface area is 845 Å². The predicted molar refractivity (Wildman–Crippen MR) is 558 cm³/mol. The largest absolute Gasteiger partial charge is 0.388 e. The molecule has 38 heteroatoms. The minimum atomic E-state index is -2.98. The molecule has 12 N–H and O–H groups in total. The van der Waals surface area contributed by atoms with Gasteiger partial charge in [0.2, 0.25) is 0 Å². The first kappa shape index (κ1) is 113. The number of likely N-dealkylation sites (tertiary alicyclic amines) is 3. The second-order valence-electron chi connectivity index (χ2n) is 41.2. The molecule has 5 saturated heterocycles. The van der Waals surface area contributed by atoms with Crippen molar-refractivity contribution >= 4 is 116 Å². The number of hydrogen-bond acceptors (Lipinski definition) is 28. The second kappa shape index (κ2) is 47.5. The first-order valence-corrected chi connectivity index (χ1v) is 53.0. The molecular formula is C103H150F2N20O12S4. The number of alkyl halides is 2. The summed E-state index contributed by atoms with van der Waals surface area (Å²) >= 11 is 4.59. The number of anilines is 4. The summed E-state index contributed by atoms with van der Waals surface area (Å²) in [6.07, 6.45) is 20.5. The third-order valence-electron chi connectivity index (χ3n) is 27.8.